The van der Waals surface area contributed by atoms with Gasteiger partial charge in [0.1, 0.15) is 5.69 Å². The number of amides is 2. The highest BCUT2D eigenvalue weighted by atomic mass is 35.5. The van der Waals surface area contributed by atoms with Crippen LogP contribution in [0.3, 0.4) is 0 Å². The summed E-state index contributed by atoms with van der Waals surface area (Å²) in [5.41, 5.74) is 4.87. The number of hydrogen-bond acceptors (Lipinski definition) is 4. The predicted molar refractivity (Wildman–Crippen MR) is 144 cm³/mol. The van der Waals surface area contributed by atoms with Crippen molar-refractivity contribution in [2.75, 3.05) is 7.05 Å². The molecule has 2 aromatic carbocycles. The number of benzene rings is 2. The van der Waals surface area contributed by atoms with Gasteiger partial charge in [0.25, 0.3) is 11.8 Å². The largest absolute Gasteiger partial charge is 0.354 e. The van der Waals surface area contributed by atoms with Crippen molar-refractivity contribution in [2.24, 2.45) is 5.41 Å². The van der Waals surface area contributed by atoms with Crippen LogP contribution in [0.5, 0.6) is 0 Å². The van der Waals surface area contributed by atoms with Gasteiger partial charge < -0.3 is 10.6 Å². The molecule has 2 amide bonds. The third kappa shape index (κ3) is 4.37. The smallest absolute Gasteiger partial charge is 0.269 e. The minimum atomic E-state index is -0.220. The number of pyridine rings is 1. The second kappa shape index (κ2) is 9.30. The molecule has 2 aliphatic carbocycles. The number of aromatic nitrogens is 3. The van der Waals surface area contributed by atoms with E-state index in [9.17, 15) is 9.59 Å². The highest BCUT2D eigenvalue weighted by molar-refractivity contribution is 6.36. The summed E-state index contributed by atoms with van der Waals surface area (Å²) < 4.78 is 1.84. The lowest BCUT2D eigenvalue weighted by Gasteiger charge is -2.54. The number of carbonyl (C=O) groups is 2. The van der Waals surface area contributed by atoms with Crippen molar-refractivity contribution in [1.82, 2.24) is 25.4 Å². The van der Waals surface area contributed by atoms with Gasteiger partial charge in [-0.05, 0) is 60.9 Å². The van der Waals surface area contributed by atoms with E-state index >= 15 is 0 Å². The van der Waals surface area contributed by atoms with Gasteiger partial charge in [0.2, 0.25) is 0 Å². The van der Waals surface area contributed by atoms with Crippen molar-refractivity contribution >= 4 is 34.3 Å². The Labute approximate surface area is 220 Å². The van der Waals surface area contributed by atoms with E-state index in [1.165, 1.54) is 19.3 Å². The molecule has 2 aliphatic rings. The molecule has 2 aromatic heterocycles. The minimum absolute atomic E-state index is 0.0694. The molecule has 2 fully saturated rings. The van der Waals surface area contributed by atoms with Gasteiger partial charge in [-0.2, -0.15) is 5.10 Å². The minimum Gasteiger partial charge on any atom is -0.354 e. The van der Waals surface area contributed by atoms with Crippen molar-refractivity contribution in [2.45, 2.75) is 44.7 Å². The highest BCUT2D eigenvalue weighted by Crippen LogP contribution is 2.55. The number of fused-ring (bicyclic) bond motifs is 1. The fourth-order valence-corrected chi connectivity index (χ4v) is 5.91. The summed E-state index contributed by atoms with van der Waals surface area (Å²) in [4.78, 5) is 29.7. The van der Waals surface area contributed by atoms with E-state index < -0.39 is 0 Å². The summed E-state index contributed by atoms with van der Waals surface area (Å²) in [6, 6.07) is 17.2. The molecular formula is C29H28ClN5O2. The van der Waals surface area contributed by atoms with E-state index in [1.807, 2.05) is 41.1 Å². The molecule has 0 saturated heterocycles. The Morgan fingerprint density at radius 2 is 1.84 bits per heavy atom. The molecule has 2 saturated carbocycles. The first kappa shape index (κ1) is 23.7. The number of nitrogens with one attached hydrogen (secondary N) is 2. The number of nitrogens with zero attached hydrogens (tertiary/aromatic N) is 3. The lowest BCUT2D eigenvalue weighted by atomic mass is 9.54. The molecular weight excluding hydrogens is 486 g/mol. The first-order valence-corrected chi connectivity index (χ1v) is 13.1. The molecule has 4 aromatic rings. The fourth-order valence-electron chi connectivity index (χ4n) is 5.71. The first-order chi connectivity index (χ1) is 17.9. The molecule has 1 spiro atoms. The summed E-state index contributed by atoms with van der Waals surface area (Å²) in [5, 5.41) is 11.7. The van der Waals surface area contributed by atoms with Gasteiger partial charge in [-0.3, -0.25) is 14.3 Å². The fraction of sp³-hybridized carbons (Fsp3) is 0.310. The van der Waals surface area contributed by atoms with Crippen LogP contribution in [0.4, 0.5) is 0 Å². The van der Waals surface area contributed by atoms with Crippen molar-refractivity contribution in [3.05, 3.63) is 82.6 Å². The van der Waals surface area contributed by atoms with Crippen LogP contribution in [0.25, 0.3) is 22.2 Å². The molecule has 37 heavy (non-hydrogen) atoms. The highest BCUT2D eigenvalue weighted by Gasteiger charge is 2.48. The summed E-state index contributed by atoms with van der Waals surface area (Å²) >= 11 is 6.47. The Morgan fingerprint density at radius 1 is 1.05 bits per heavy atom. The number of halogens is 1. The average Bonchev–Trinajstić information content (AvgIpc) is 3.29. The number of carbonyl (C=O) groups excluding carboxylic acids is 2. The lowest BCUT2D eigenvalue weighted by Crippen LogP contribution is -2.53. The van der Waals surface area contributed by atoms with E-state index in [4.69, 9.17) is 11.6 Å². The molecule has 0 unspecified atom stereocenters. The zero-order valence-corrected chi connectivity index (χ0v) is 21.4. The zero-order chi connectivity index (χ0) is 25.6. The maximum Gasteiger partial charge on any atom is 0.269 e. The van der Waals surface area contributed by atoms with Crippen LogP contribution >= 0.6 is 11.6 Å². The van der Waals surface area contributed by atoms with Crippen LogP contribution in [0.1, 0.15) is 58.5 Å². The maximum atomic E-state index is 13.3. The van der Waals surface area contributed by atoms with Crippen LogP contribution in [-0.4, -0.2) is 39.7 Å². The normalized spacial score (nSPS) is 16.3. The van der Waals surface area contributed by atoms with Crippen molar-refractivity contribution in [3.8, 4) is 11.3 Å². The van der Waals surface area contributed by atoms with Gasteiger partial charge in [0, 0.05) is 24.0 Å². The van der Waals surface area contributed by atoms with E-state index in [0.29, 0.717) is 28.2 Å². The van der Waals surface area contributed by atoms with E-state index in [-0.39, 0.29) is 17.9 Å². The molecule has 2 heterocycles. The van der Waals surface area contributed by atoms with Crippen LogP contribution in [0, 0.1) is 5.41 Å². The molecule has 8 heteroatoms. The van der Waals surface area contributed by atoms with Gasteiger partial charge in [-0.25, -0.2) is 4.98 Å². The third-order valence-electron chi connectivity index (χ3n) is 7.89. The van der Waals surface area contributed by atoms with E-state index in [0.717, 1.165) is 40.6 Å². The van der Waals surface area contributed by atoms with Gasteiger partial charge in [0.15, 0.2) is 0 Å². The SMILES string of the molecule is CNC(=O)c1cccc(-c2ccc(Cn3ncc4c(Cl)ccc(C(=O)NC5CC6(CCC6)C5)c43)cc2)n1. The Bertz CT molecular complexity index is 1500. The summed E-state index contributed by atoms with van der Waals surface area (Å²) in [5.74, 6) is -0.289. The van der Waals surface area contributed by atoms with Crippen LogP contribution in [0.15, 0.2) is 60.8 Å². The monoisotopic (exact) mass is 513 g/mol. The molecule has 188 valence electrons. The molecule has 6 rings (SSSR count). The van der Waals surface area contributed by atoms with Gasteiger partial charge >= 0.3 is 0 Å². The Balaban J connectivity index is 1.23. The summed E-state index contributed by atoms with van der Waals surface area (Å²) in [6.07, 6.45) is 7.81. The molecule has 2 N–H and O–H groups in total. The topological polar surface area (TPSA) is 88.9 Å². The lowest BCUT2D eigenvalue weighted by molar-refractivity contribution is -0.000606. The van der Waals surface area contributed by atoms with Gasteiger partial charge in [-0.1, -0.05) is 48.4 Å². The Kier molecular flexibility index (Phi) is 5.95. The molecule has 0 radical (unpaired) electrons. The number of hydrogen-bond donors (Lipinski definition) is 2. The maximum absolute atomic E-state index is 13.3. The van der Waals surface area contributed by atoms with Crippen molar-refractivity contribution < 1.29 is 9.59 Å². The molecule has 7 nitrogen and oxygen atoms in total. The Morgan fingerprint density at radius 3 is 2.54 bits per heavy atom. The van der Waals surface area contributed by atoms with Crippen molar-refractivity contribution in [3.63, 3.8) is 0 Å². The molecule has 0 bridgehead atoms. The second-order valence-corrected chi connectivity index (χ2v) is 10.7. The quantitative estimate of drug-likeness (QED) is 0.370. The Hall–Kier alpha value is -3.71. The third-order valence-corrected chi connectivity index (χ3v) is 8.22. The first-order valence-electron chi connectivity index (χ1n) is 12.7. The predicted octanol–water partition coefficient (Wildman–Crippen LogP) is 5.22. The van der Waals surface area contributed by atoms with Crippen molar-refractivity contribution in [1.29, 1.82) is 0 Å². The zero-order valence-electron chi connectivity index (χ0n) is 20.6. The van der Waals surface area contributed by atoms with E-state index in [2.05, 4.69) is 20.7 Å². The van der Waals surface area contributed by atoms with Crippen LogP contribution in [-0.2, 0) is 6.54 Å². The molecule has 0 atom stereocenters. The van der Waals surface area contributed by atoms with Gasteiger partial charge in [0.05, 0.1) is 34.5 Å². The van der Waals surface area contributed by atoms with E-state index in [1.54, 1.807) is 31.4 Å². The second-order valence-electron chi connectivity index (χ2n) is 10.3. The molecule has 0 aliphatic heterocycles. The van der Waals surface area contributed by atoms with Gasteiger partial charge in [-0.15, -0.1) is 0 Å². The summed E-state index contributed by atoms with van der Waals surface area (Å²) in [7, 11) is 1.59. The summed E-state index contributed by atoms with van der Waals surface area (Å²) in [6.45, 7) is 0.489. The average molecular weight is 514 g/mol. The van der Waals surface area contributed by atoms with Crippen LogP contribution in [0.2, 0.25) is 5.02 Å². The number of rotatable bonds is 6. The standard InChI is InChI=1S/C29H28ClN5O2/c1-31-28(37)25-5-2-4-24(34-25)19-8-6-18(7-9-19)17-35-26-21(10-11-23(30)22(26)16-32-35)27(36)33-20-14-29(15-20)12-3-13-29/h2,4-11,16,20H,3,12-15,17H2,1H3,(H,31,37)(H,33,36). The van der Waals surface area contributed by atoms with Crippen LogP contribution < -0.4 is 10.6 Å².